The van der Waals surface area contributed by atoms with Crippen molar-refractivity contribution < 1.29 is 4.42 Å². The molecule has 0 N–H and O–H groups in total. The van der Waals surface area contributed by atoms with Crippen molar-refractivity contribution in [2.75, 3.05) is 0 Å². The zero-order chi connectivity index (χ0) is 19.7. The molecule has 0 bridgehead atoms. The molecular formula is C27H16N2O. The number of hydrogen-bond acceptors (Lipinski definition) is 2. The Morgan fingerprint density at radius 1 is 0.600 bits per heavy atom. The van der Waals surface area contributed by atoms with Gasteiger partial charge >= 0.3 is 0 Å². The molecule has 3 nitrogen and oxygen atoms in total. The molecule has 0 saturated carbocycles. The molecule has 0 amide bonds. The molecule has 7 rings (SSSR count). The lowest BCUT2D eigenvalue weighted by molar-refractivity contribution is 0.673. The van der Waals surface area contributed by atoms with E-state index in [2.05, 4.69) is 76.3 Å². The highest BCUT2D eigenvalue weighted by molar-refractivity contribution is 6.35. The van der Waals surface area contributed by atoms with Crippen LogP contribution in [-0.4, -0.2) is 9.55 Å². The molecule has 4 aromatic carbocycles. The van der Waals surface area contributed by atoms with Crippen LogP contribution in [0.15, 0.2) is 102 Å². The summed E-state index contributed by atoms with van der Waals surface area (Å²) in [6.07, 6.45) is 1.85. The lowest BCUT2D eigenvalue weighted by atomic mass is 9.99. The third-order valence-electron chi connectivity index (χ3n) is 6.03. The van der Waals surface area contributed by atoms with Crippen LogP contribution in [0.3, 0.4) is 0 Å². The second-order valence-corrected chi connectivity index (χ2v) is 7.61. The average Bonchev–Trinajstić information content (AvgIpc) is 3.36. The maximum atomic E-state index is 6.50. The molecule has 3 heterocycles. The van der Waals surface area contributed by atoms with Gasteiger partial charge in [-0.05, 0) is 29.7 Å². The molecule has 0 atom stereocenters. The number of para-hydroxylation sites is 2. The Hall–Kier alpha value is -4.11. The van der Waals surface area contributed by atoms with Gasteiger partial charge in [-0.1, -0.05) is 66.7 Å². The highest BCUT2D eigenvalue weighted by Crippen LogP contribution is 2.45. The number of benzene rings is 4. The van der Waals surface area contributed by atoms with E-state index in [9.17, 15) is 0 Å². The Morgan fingerprint density at radius 2 is 1.30 bits per heavy atom. The number of aromatic nitrogens is 2. The van der Waals surface area contributed by atoms with Crippen molar-refractivity contribution in [3.63, 3.8) is 0 Å². The second kappa shape index (κ2) is 5.71. The van der Waals surface area contributed by atoms with Crippen LogP contribution < -0.4 is 0 Å². The van der Waals surface area contributed by atoms with Gasteiger partial charge in [0.05, 0.1) is 16.4 Å². The second-order valence-electron chi connectivity index (χ2n) is 7.61. The molecule has 0 aliphatic heterocycles. The van der Waals surface area contributed by atoms with E-state index in [0.29, 0.717) is 0 Å². The van der Waals surface area contributed by atoms with Crippen molar-refractivity contribution in [3.8, 4) is 5.82 Å². The molecular weight excluding hydrogens is 368 g/mol. The maximum absolute atomic E-state index is 6.50. The van der Waals surface area contributed by atoms with E-state index in [1.54, 1.807) is 0 Å². The summed E-state index contributed by atoms with van der Waals surface area (Å²) in [7, 11) is 0. The normalized spacial score (nSPS) is 12.0. The summed E-state index contributed by atoms with van der Waals surface area (Å²) in [5.74, 6) is 0.907. The molecule has 0 saturated heterocycles. The largest absolute Gasteiger partial charge is 0.455 e. The van der Waals surface area contributed by atoms with Gasteiger partial charge in [0.15, 0.2) is 0 Å². The summed E-state index contributed by atoms with van der Waals surface area (Å²) in [4.78, 5) is 4.68. The summed E-state index contributed by atoms with van der Waals surface area (Å²) in [5.41, 5.74) is 4.12. The Labute approximate surface area is 171 Å². The minimum atomic E-state index is 0.907. The van der Waals surface area contributed by atoms with Gasteiger partial charge in [0.1, 0.15) is 17.0 Å². The zero-order valence-corrected chi connectivity index (χ0v) is 16.0. The Morgan fingerprint density at radius 3 is 2.13 bits per heavy atom. The van der Waals surface area contributed by atoms with Gasteiger partial charge in [-0.3, -0.25) is 4.57 Å². The molecule has 0 spiro atoms. The first kappa shape index (κ1) is 15.8. The number of pyridine rings is 1. The molecule has 3 aromatic heterocycles. The van der Waals surface area contributed by atoms with Crippen LogP contribution in [0.2, 0.25) is 0 Å². The fourth-order valence-electron chi connectivity index (χ4n) is 4.85. The van der Waals surface area contributed by atoms with Crippen LogP contribution in [0.1, 0.15) is 0 Å². The average molecular weight is 384 g/mol. The predicted octanol–water partition coefficient (Wildman–Crippen LogP) is 7.23. The molecule has 7 aromatic rings. The molecule has 0 fully saturated rings. The van der Waals surface area contributed by atoms with Crippen molar-refractivity contribution in [2.45, 2.75) is 0 Å². The maximum Gasteiger partial charge on any atom is 0.146 e. The van der Waals surface area contributed by atoms with E-state index >= 15 is 0 Å². The van der Waals surface area contributed by atoms with E-state index in [1.807, 2.05) is 30.5 Å². The van der Waals surface area contributed by atoms with Crippen LogP contribution in [0.25, 0.3) is 60.3 Å². The van der Waals surface area contributed by atoms with Crippen molar-refractivity contribution in [1.82, 2.24) is 9.55 Å². The van der Waals surface area contributed by atoms with Crippen molar-refractivity contribution in [2.24, 2.45) is 0 Å². The minimum Gasteiger partial charge on any atom is -0.455 e. The number of fused-ring (bicyclic) bond motifs is 10. The van der Waals surface area contributed by atoms with Gasteiger partial charge in [-0.25, -0.2) is 4.98 Å². The summed E-state index contributed by atoms with van der Waals surface area (Å²) in [6.45, 7) is 0. The van der Waals surface area contributed by atoms with E-state index in [0.717, 1.165) is 38.8 Å². The minimum absolute atomic E-state index is 0.907. The molecule has 0 radical (unpaired) electrons. The van der Waals surface area contributed by atoms with Gasteiger partial charge in [-0.2, -0.15) is 0 Å². The fraction of sp³-hybridized carbons (Fsp3) is 0. The van der Waals surface area contributed by atoms with Crippen molar-refractivity contribution in [1.29, 1.82) is 0 Å². The monoisotopic (exact) mass is 384 g/mol. The fourth-order valence-corrected chi connectivity index (χ4v) is 4.85. The van der Waals surface area contributed by atoms with Gasteiger partial charge in [-0.15, -0.1) is 0 Å². The lowest BCUT2D eigenvalue weighted by Crippen LogP contribution is -1.96. The molecule has 0 aliphatic carbocycles. The van der Waals surface area contributed by atoms with Crippen molar-refractivity contribution >= 4 is 54.5 Å². The highest BCUT2D eigenvalue weighted by atomic mass is 16.3. The SMILES string of the molecule is c1ccc(-n2c3ccccc3c3c4oc5ccccc5c4c4ccccc4c32)nc1. The van der Waals surface area contributed by atoms with E-state index in [1.165, 1.54) is 21.5 Å². The first-order valence-electron chi connectivity index (χ1n) is 10.1. The van der Waals surface area contributed by atoms with Crippen molar-refractivity contribution in [3.05, 3.63) is 97.2 Å². The standard InChI is InChI=1S/C27H16N2O/c1-2-10-18-17(9-1)24-20-12-4-6-14-22(20)30-27(24)25-19-11-3-5-13-21(19)29(26(18)25)23-15-7-8-16-28-23/h1-16H. The molecule has 0 aliphatic rings. The number of hydrogen-bond donors (Lipinski definition) is 0. The topological polar surface area (TPSA) is 31.0 Å². The quantitative estimate of drug-likeness (QED) is 0.299. The van der Waals surface area contributed by atoms with Gasteiger partial charge in [0.25, 0.3) is 0 Å². The van der Waals surface area contributed by atoms with Gasteiger partial charge in [0, 0.05) is 27.7 Å². The zero-order valence-electron chi connectivity index (χ0n) is 16.0. The molecule has 30 heavy (non-hydrogen) atoms. The molecule has 0 unspecified atom stereocenters. The van der Waals surface area contributed by atoms with Gasteiger partial charge < -0.3 is 4.42 Å². The first-order valence-corrected chi connectivity index (χ1v) is 10.1. The van der Waals surface area contributed by atoms with Crippen LogP contribution in [0.4, 0.5) is 0 Å². The van der Waals surface area contributed by atoms with Crippen LogP contribution >= 0.6 is 0 Å². The highest BCUT2D eigenvalue weighted by Gasteiger charge is 2.22. The summed E-state index contributed by atoms with van der Waals surface area (Å²) in [5, 5.41) is 7.05. The van der Waals surface area contributed by atoms with Crippen LogP contribution in [0.5, 0.6) is 0 Å². The number of rotatable bonds is 1. The van der Waals surface area contributed by atoms with Crippen LogP contribution in [0, 0.1) is 0 Å². The molecule has 3 heteroatoms. The number of furan rings is 1. The van der Waals surface area contributed by atoms with E-state index < -0.39 is 0 Å². The smallest absolute Gasteiger partial charge is 0.146 e. The lowest BCUT2D eigenvalue weighted by Gasteiger charge is -2.09. The van der Waals surface area contributed by atoms with Gasteiger partial charge in [0.2, 0.25) is 0 Å². The van der Waals surface area contributed by atoms with E-state index in [-0.39, 0.29) is 0 Å². The molecule has 140 valence electrons. The summed E-state index contributed by atoms with van der Waals surface area (Å²) >= 11 is 0. The Bertz CT molecular complexity index is 1740. The third kappa shape index (κ3) is 1.91. The summed E-state index contributed by atoms with van der Waals surface area (Å²) < 4.78 is 8.76. The summed E-state index contributed by atoms with van der Waals surface area (Å²) in [6, 6.07) is 31.5. The van der Waals surface area contributed by atoms with Crippen LogP contribution in [-0.2, 0) is 0 Å². The number of nitrogens with zero attached hydrogens (tertiary/aromatic N) is 2. The Balaban J connectivity index is 1.88. The van der Waals surface area contributed by atoms with E-state index in [4.69, 9.17) is 4.42 Å². The third-order valence-corrected chi connectivity index (χ3v) is 6.03. The Kier molecular flexibility index (Phi) is 3.00. The predicted molar refractivity (Wildman–Crippen MR) is 123 cm³/mol. The first-order chi connectivity index (χ1) is 14.9.